The van der Waals surface area contributed by atoms with E-state index in [1.807, 2.05) is 6.92 Å². The van der Waals surface area contributed by atoms with E-state index in [-0.39, 0.29) is 17.3 Å². The number of hydrogen-bond donors (Lipinski definition) is 2. The van der Waals surface area contributed by atoms with Crippen LogP contribution in [0.3, 0.4) is 0 Å². The van der Waals surface area contributed by atoms with Crippen molar-refractivity contribution in [3.63, 3.8) is 0 Å². The van der Waals surface area contributed by atoms with Crippen LogP contribution < -0.4 is 20.1 Å². The van der Waals surface area contributed by atoms with Crippen LogP contribution in [-0.2, 0) is 14.6 Å². The van der Waals surface area contributed by atoms with Crippen LogP contribution in [0.15, 0.2) is 39.7 Å². The molecule has 9 heteroatoms. The Morgan fingerprint density at radius 2 is 1.78 bits per heavy atom. The summed E-state index contributed by atoms with van der Waals surface area (Å²) in [6.07, 6.45) is 1.15. The Balaban J connectivity index is 1.69. The number of carbonyl (C=O) groups is 1. The first-order chi connectivity index (χ1) is 12.7. The number of halogens is 1. The van der Waals surface area contributed by atoms with Gasteiger partial charge in [-0.2, -0.15) is 0 Å². The van der Waals surface area contributed by atoms with E-state index in [0.717, 1.165) is 11.8 Å². The highest BCUT2D eigenvalue weighted by Gasteiger charge is 2.16. The summed E-state index contributed by atoms with van der Waals surface area (Å²) < 4.78 is 35.1. The van der Waals surface area contributed by atoms with Crippen molar-refractivity contribution >= 4 is 43.0 Å². The van der Waals surface area contributed by atoms with Crippen molar-refractivity contribution in [1.29, 1.82) is 0 Å². The highest BCUT2D eigenvalue weighted by Crippen LogP contribution is 2.38. The predicted octanol–water partition coefficient (Wildman–Crippen LogP) is 2.98. The Hall–Kier alpha value is -2.26. The minimum Gasteiger partial charge on any atom is -0.486 e. The summed E-state index contributed by atoms with van der Waals surface area (Å²) in [4.78, 5) is 12.5. The van der Waals surface area contributed by atoms with Crippen molar-refractivity contribution in [3.05, 3.63) is 40.4 Å². The molecule has 1 amide bonds. The van der Waals surface area contributed by atoms with Crippen LogP contribution in [0.1, 0.15) is 5.56 Å². The molecule has 2 aromatic carbocycles. The number of anilines is 2. The lowest BCUT2D eigenvalue weighted by molar-refractivity contribution is -0.114. The normalized spacial score (nSPS) is 13.1. The fourth-order valence-electron chi connectivity index (χ4n) is 2.55. The summed E-state index contributed by atoms with van der Waals surface area (Å²) in [6, 6.07) is 8.22. The minimum atomic E-state index is -3.32. The van der Waals surface area contributed by atoms with Crippen molar-refractivity contribution in [3.8, 4) is 11.5 Å². The van der Waals surface area contributed by atoms with E-state index in [2.05, 4.69) is 26.6 Å². The van der Waals surface area contributed by atoms with Gasteiger partial charge in [0, 0.05) is 28.5 Å². The van der Waals surface area contributed by atoms with E-state index in [4.69, 9.17) is 9.47 Å². The number of hydrogen-bond acceptors (Lipinski definition) is 6. The van der Waals surface area contributed by atoms with Gasteiger partial charge in [-0.25, -0.2) is 8.42 Å². The summed E-state index contributed by atoms with van der Waals surface area (Å²) >= 11 is 3.41. The van der Waals surface area contributed by atoms with Crippen LogP contribution >= 0.6 is 15.9 Å². The molecular weight excluding hydrogens is 436 g/mol. The van der Waals surface area contributed by atoms with Gasteiger partial charge in [-0.1, -0.05) is 6.07 Å². The number of aryl methyl sites for hydroxylation is 1. The zero-order chi connectivity index (χ0) is 19.6. The molecule has 0 aliphatic carbocycles. The molecular formula is C18H19BrN2O5S. The van der Waals surface area contributed by atoms with Gasteiger partial charge in [0.1, 0.15) is 13.2 Å². The van der Waals surface area contributed by atoms with Crippen LogP contribution in [0.4, 0.5) is 11.4 Å². The maximum absolute atomic E-state index is 12.3. The third-order valence-electron chi connectivity index (χ3n) is 3.98. The predicted molar refractivity (Wildman–Crippen MR) is 107 cm³/mol. The molecule has 7 nitrogen and oxygen atoms in total. The van der Waals surface area contributed by atoms with Crippen LogP contribution in [0.25, 0.3) is 0 Å². The fraction of sp³-hybridized carbons (Fsp3) is 0.278. The number of amides is 1. The second-order valence-corrected chi connectivity index (χ2v) is 9.00. The number of nitrogens with one attached hydrogen (secondary N) is 2. The summed E-state index contributed by atoms with van der Waals surface area (Å²) in [6.45, 7) is 2.76. The quantitative estimate of drug-likeness (QED) is 0.720. The molecule has 2 aromatic rings. The maximum Gasteiger partial charge on any atom is 0.243 e. The van der Waals surface area contributed by atoms with E-state index < -0.39 is 9.84 Å². The number of rotatable bonds is 5. The molecule has 0 fully saturated rings. The smallest absolute Gasteiger partial charge is 0.243 e. The molecule has 1 aliphatic heterocycles. The SMILES string of the molecule is Cc1ccc(S(C)(=O)=O)cc1NCC(=O)Nc1cc2c(cc1Br)OCCO2. The van der Waals surface area contributed by atoms with Crippen LogP contribution in [0.5, 0.6) is 11.5 Å². The molecule has 0 saturated carbocycles. The lowest BCUT2D eigenvalue weighted by Crippen LogP contribution is -2.23. The van der Waals surface area contributed by atoms with Gasteiger partial charge in [-0.05, 0) is 40.5 Å². The molecule has 27 heavy (non-hydrogen) atoms. The standard InChI is InChI=1S/C18H19BrN2O5S/c1-11-3-4-12(27(2,23)24)7-14(11)20-10-18(22)21-15-9-17-16(8-13(15)19)25-5-6-26-17/h3-4,7-9,20H,5-6,10H2,1-2H3,(H,21,22). The Bertz CT molecular complexity index is 991. The number of ether oxygens (including phenoxy) is 2. The topological polar surface area (TPSA) is 93.7 Å². The number of fused-ring (bicyclic) bond motifs is 1. The minimum absolute atomic E-state index is 0.0189. The summed E-state index contributed by atoms with van der Waals surface area (Å²) in [5.74, 6) is 0.915. The summed E-state index contributed by atoms with van der Waals surface area (Å²) in [5.41, 5.74) is 2.00. The fourth-order valence-corrected chi connectivity index (χ4v) is 3.62. The van der Waals surface area contributed by atoms with Gasteiger partial charge < -0.3 is 20.1 Å². The van der Waals surface area contributed by atoms with Gasteiger partial charge in [-0.15, -0.1) is 0 Å². The number of benzene rings is 2. The first-order valence-electron chi connectivity index (χ1n) is 8.17. The Morgan fingerprint density at radius 3 is 2.44 bits per heavy atom. The zero-order valence-corrected chi connectivity index (χ0v) is 17.2. The van der Waals surface area contributed by atoms with Gasteiger partial charge in [0.05, 0.1) is 17.1 Å². The lowest BCUT2D eigenvalue weighted by atomic mass is 10.2. The number of carbonyl (C=O) groups excluding carboxylic acids is 1. The van der Waals surface area contributed by atoms with Crippen molar-refractivity contribution in [1.82, 2.24) is 0 Å². The Labute approximate surface area is 166 Å². The summed E-state index contributed by atoms with van der Waals surface area (Å²) in [5, 5.41) is 5.77. The molecule has 1 aliphatic rings. The first-order valence-corrected chi connectivity index (χ1v) is 10.9. The van der Waals surface area contributed by atoms with Crippen molar-refractivity contribution in [2.45, 2.75) is 11.8 Å². The monoisotopic (exact) mass is 454 g/mol. The van der Waals surface area contributed by atoms with Crippen molar-refractivity contribution in [2.75, 3.05) is 36.6 Å². The molecule has 0 aromatic heterocycles. The third kappa shape index (κ3) is 4.72. The van der Waals surface area contributed by atoms with Gasteiger partial charge in [-0.3, -0.25) is 4.79 Å². The second-order valence-electron chi connectivity index (χ2n) is 6.13. The molecule has 1 heterocycles. The Kier molecular flexibility index (Phi) is 5.61. The molecule has 3 rings (SSSR count). The molecule has 0 spiro atoms. The van der Waals surface area contributed by atoms with Crippen LogP contribution in [0, 0.1) is 6.92 Å². The maximum atomic E-state index is 12.3. The van der Waals surface area contributed by atoms with Crippen LogP contribution in [0.2, 0.25) is 0 Å². The van der Waals surface area contributed by atoms with Gasteiger partial charge in [0.25, 0.3) is 0 Å². The first kappa shape index (κ1) is 19.5. The van der Waals surface area contributed by atoms with E-state index in [9.17, 15) is 13.2 Å². The molecule has 0 atom stereocenters. The van der Waals surface area contributed by atoms with E-state index in [1.165, 1.54) is 6.07 Å². The highest BCUT2D eigenvalue weighted by atomic mass is 79.9. The van der Waals surface area contributed by atoms with Gasteiger partial charge in [0.2, 0.25) is 5.91 Å². The van der Waals surface area contributed by atoms with E-state index >= 15 is 0 Å². The third-order valence-corrected chi connectivity index (χ3v) is 5.75. The molecule has 0 bridgehead atoms. The van der Waals surface area contributed by atoms with E-state index in [1.54, 1.807) is 24.3 Å². The van der Waals surface area contributed by atoms with Gasteiger partial charge in [0.15, 0.2) is 21.3 Å². The largest absolute Gasteiger partial charge is 0.486 e. The number of sulfone groups is 1. The lowest BCUT2D eigenvalue weighted by Gasteiger charge is -2.20. The molecule has 0 radical (unpaired) electrons. The molecule has 144 valence electrons. The van der Waals surface area contributed by atoms with Crippen LogP contribution in [-0.4, -0.2) is 40.3 Å². The average molecular weight is 455 g/mol. The molecule has 0 unspecified atom stereocenters. The van der Waals surface area contributed by atoms with E-state index in [0.29, 0.717) is 40.6 Å². The average Bonchev–Trinajstić information content (AvgIpc) is 2.60. The molecule has 0 saturated heterocycles. The zero-order valence-electron chi connectivity index (χ0n) is 14.8. The molecule has 2 N–H and O–H groups in total. The van der Waals surface area contributed by atoms with Gasteiger partial charge >= 0.3 is 0 Å². The second kappa shape index (κ2) is 7.77. The highest BCUT2D eigenvalue weighted by molar-refractivity contribution is 9.10. The van der Waals surface area contributed by atoms with Crippen molar-refractivity contribution < 1.29 is 22.7 Å². The van der Waals surface area contributed by atoms with Crippen molar-refractivity contribution in [2.24, 2.45) is 0 Å². The summed E-state index contributed by atoms with van der Waals surface area (Å²) in [7, 11) is -3.32. The Morgan fingerprint density at radius 1 is 1.11 bits per heavy atom.